The molecule has 6 nitrogen and oxygen atoms in total. The van der Waals surface area contributed by atoms with E-state index in [1.165, 1.54) is 20.5 Å². The number of hydrogen-bond acceptors (Lipinski definition) is 5. The van der Waals surface area contributed by atoms with Crippen molar-refractivity contribution in [3.8, 4) is 10.8 Å². The van der Waals surface area contributed by atoms with Gasteiger partial charge in [0.05, 0.1) is 5.39 Å². The van der Waals surface area contributed by atoms with Crippen LogP contribution in [0.5, 0.6) is 10.8 Å². The highest BCUT2D eigenvalue weighted by molar-refractivity contribution is 7.20. The molecule has 0 unspecified atom stereocenters. The van der Waals surface area contributed by atoms with Crippen molar-refractivity contribution in [3.63, 3.8) is 0 Å². The van der Waals surface area contributed by atoms with E-state index in [4.69, 9.17) is 16.3 Å². The zero-order chi connectivity index (χ0) is 22.8. The fourth-order valence-corrected chi connectivity index (χ4v) is 4.90. The largest absolute Gasteiger partial charge is 0.446 e. The summed E-state index contributed by atoms with van der Waals surface area (Å²) in [5.41, 5.74) is 1.99. The lowest BCUT2D eigenvalue weighted by Crippen LogP contribution is -2.39. The lowest BCUT2D eigenvalue weighted by molar-refractivity contribution is 0.277. The molecule has 4 rings (SSSR count). The summed E-state index contributed by atoms with van der Waals surface area (Å²) < 4.78 is 8.90. The predicted molar refractivity (Wildman–Crippen MR) is 129 cm³/mol. The monoisotopic (exact) mass is 470 g/mol. The minimum absolute atomic E-state index is 0.101. The van der Waals surface area contributed by atoms with Crippen LogP contribution in [0.1, 0.15) is 23.1 Å². The van der Waals surface area contributed by atoms with Gasteiger partial charge in [0, 0.05) is 37.2 Å². The summed E-state index contributed by atoms with van der Waals surface area (Å²) in [6.45, 7) is 2.04. The van der Waals surface area contributed by atoms with Crippen LogP contribution in [0.2, 0.25) is 5.02 Å². The molecule has 0 spiro atoms. The SMILES string of the molecule is Cc1cccc(Oc2sc3c(c2Cc2ccc(Cl)cc2)c(=O)n(CCCO)c(=O)n3C)c1. The van der Waals surface area contributed by atoms with Crippen molar-refractivity contribution in [1.82, 2.24) is 9.13 Å². The average Bonchev–Trinajstić information content (AvgIpc) is 3.12. The van der Waals surface area contributed by atoms with Crippen LogP contribution in [0.25, 0.3) is 10.2 Å². The lowest BCUT2D eigenvalue weighted by atomic mass is 10.1. The van der Waals surface area contributed by atoms with E-state index in [1.54, 1.807) is 7.05 Å². The molecule has 0 aliphatic carbocycles. The van der Waals surface area contributed by atoms with E-state index in [-0.39, 0.29) is 18.7 Å². The fourth-order valence-electron chi connectivity index (χ4n) is 3.64. The average molecular weight is 471 g/mol. The van der Waals surface area contributed by atoms with E-state index in [0.717, 1.165) is 16.7 Å². The third-order valence-electron chi connectivity index (χ3n) is 5.27. The number of nitrogens with zero attached hydrogens (tertiary/aromatic N) is 2. The Morgan fingerprint density at radius 2 is 1.88 bits per heavy atom. The Bertz CT molecular complexity index is 1390. The first kappa shape index (κ1) is 22.3. The third-order valence-corrected chi connectivity index (χ3v) is 6.71. The number of ether oxygens (including phenoxy) is 1. The maximum absolute atomic E-state index is 13.4. The molecule has 0 saturated heterocycles. The molecule has 2 aromatic heterocycles. The number of aliphatic hydroxyl groups is 1. The first-order chi connectivity index (χ1) is 15.4. The van der Waals surface area contributed by atoms with Crippen LogP contribution in [0, 0.1) is 6.92 Å². The number of thiophene rings is 1. The number of rotatable bonds is 7. The van der Waals surface area contributed by atoms with Gasteiger partial charge in [-0.05, 0) is 48.7 Å². The Kier molecular flexibility index (Phi) is 6.50. The summed E-state index contributed by atoms with van der Waals surface area (Å²) in [6.07, 6.45) is 0.774. The molecular weight excluding hydrogens is 448 g/mol. The minimum Gasteiger partial charge on any atom is -0.446 e. The molecule has 1 N–H and O–H groups in total. The summed E-state index contributed by atoms with van der Waals surface area (Å²) in [6, 6.07) is 15.1. The summed E-state index contributed by atoms with van der Waals surface area (Å²) in [7, 11) is 1.65. The van der Waals surface area contributed by atoms with E-state index in [0.29, 0.717) is 38.9 Å². The number of hydrogen-bond donors (Lipinski definition) is 1. The van der Waals surface area contributed by atoms with E-state index in [9.17, 15) is 14.7 Å². The van der Waals surface area contributed by atoms with Crippen molar-refractivity contribution in [2.45, 2.75) is 26.3 Å². The van der Waals surface area contributed by atoms with Gasteiger partial charge in [0.2, 0.25) is 0 Å². The second-order valence-electron chi connectivity index (χ2n) is 7.65. The molecule has 0 bridgehead atoms. The topological polar surface area (TPSA) is 73.5 Å². The van der Waals surface area contributed by atoms with Crippen LogP contribution in [0.4, 0.5) is 0 Å². The van der Waals surface area contributed by atoms with Gasteiger partial charge in [-0.3, -0.25) is 13.9 Å². The van der Waals surface area contributed by atoms with Crippen LogP contribution in [-0.2, 0) is 20.0 Å². The second kappa shape index (κ2) is 9.32. The molecule has 4 aromatic rings. The lowest BCUT2D eigenvalue weighted by Gasteiger charge is -2.09. The Morgan fingerprint density at radius 1 is 1.12 bits per heavy atom. The quantitative estimate of drug-likeness (QED) is 0.432. The summed E-state index contributed by atoms with van der Waals surface area (Å²) in [5, 5.41) is 10.9. The molecule has 32 heavy (non-hydrogen) atoms. The molecular formula is C24H23ClN2O4S. The van der Waals surface area contributed by atoms with Crippen LogP contribution in [-0.4, -0.2) is 20.8 Å². The van der Waals surface area contributed by atoms with E-state index >= 15 is 0 Å². The number of halogens is 1. The highest BCUT2D eigenvalue weighted by Gasteiger charge is 2.22. The number of aromatic nitrogens is 2. The molecule has 0 saturated carbocycles. The zero-order valence-electron chi connectivity index (χ0n) is 17.8. The van der Waals surface area contributed by atoms with Crippen molar-refractivity contribution >= 4 is 33.2 Å². The molecule has 166 valence electrons. The number of aryl methyl sites for hydroxylation is 2. The van der Waals surface area contributed by atoms with Gasteiger partial charge < -0.3 is 9.84 Å². The van der Waals surface area contributed by atoms with Crippen LogP contribution in [0.3, 0.4) is 0 Å². The Morgan fingerprint density at radius 3 is 2.56 bits per heavy atom. The summed E-state index contributed by atoms with van der Waals surface area (Å²) >= 11 is 7.33. The molecule has 2 aromatic carbocycles. The minimum atomic E-state index is -0.405. The highest BCUT2D eigenvalue weighted by atomic mass is 35.5. The number of benzene rings is 2. The maximum atomic E-state index is 13.4. The molecule has 0 aliphatic rings. The molecule has 0 aliphatic heterocycles. The Hall–Kier alpha value is -2.87. The molecule has 0 amide bonds. The molecule has 0 atom stereocenters. The Labute approximate surface area is 193 Å². The fraction of sp³-hybridized carbons (Fsp3) is 0.250. The molecule has 8 heteroatoms. The zero-order valence-corrected chi connectivity index (χ0v) is 19.4. The van der Waals surface area contributed by atoms with Gasteiger partial charge >= 0.3 is 5.69 Å². The van der Waals surface area contributed by atoms with Crippen LogP contribution >= 0.6 is 22.9 Å². The first-order valence-corrected chi connectivity index (χ1v) is 11.4. The summed E-state index contributed by atoms with van der Waals surface area (Å²) in [4.78, 5) is 26.8. The van der Waals surface area contributed by atoms with Crippen molar-refractivity contribution in [1.29, 1.82) is 0 Å². The smallest absolute Gasteiger partial charge is 0.331 e. The summed E-state index contributed by atoms with van der Waals surface area (Å²) in [5.74, 6) is 0.666. The van der Waals surface area contributed by atoms with Crippen molar-refractivity contribution in [3.05, 3.63) is 91.1 Å². The first-order valence-electron chi connectivity index (χ1n) is 10.2. The van der Waals surface area contributed by atoms with Gasteiger partial charge in [-0.1, -0.05) is 47.2 Å². The molecule has 0 radical (unpaired) electrons. The normalized spacial score (nSPS) is 11.2. The van der Waals surface area contributed by atoms with Crippen molar-refractivity contribution in [2.24, 2.45) is 7.05 Å². The van der Waals surface area contributed by atoms with Gasteiger partial charge in [-0.25, -0.2) is 4.79 Å². The van der Waals surface area contributed by atoms with E-state index < -0.39 is 5.69 Å². The van der Waals surface area contributed by atoms with Crippen molar-refractivity contribution in [2.75, 3.05) is 6.61 Å². The van der Waals surface area contributed by atoms with Crippen LogP contribution < -0.4 is 16.0 Å². The van der Waals surface area contributed by atoms with Gasteiger partial charge in [0.1, 0.15) is 10.6 Å². The van der Waals surface area contributed by atoms with Crippen LogP contribution in [0.15, 0.2) is 58.1 Å². The standard InChI is InChI=1S/C24H23ClN2O4S/c1-15-5-3-6-18(13-15)31-23-19(14-16-7-9-17(25)10-8-16)20-21(29)27(11-4-12-28)24(30)26(2)22(20)32-23/h3,5-10,13,28H,4,11-12,14H2,1-2H3. The number of aliphatic hydroxyl groups excluding tert-OH is 1. The van der Waals surface area contributed by atoms with E-state index in [2.05, 4.69) is 0 Å². The predicted octanol–water partition coefficient (Wildman–Crippen LogP) is 4.49. The maximum Gasteiger partial charge on any atom is 0.331 e. The van der Waals surface area contributed by atoms with Crippen molar-refractivity contribution < 1.29 is 9.84 Å². The van der Waals surface area contributed by atoms with Gasteiger partial charge in [0.25, 0.3) is 5.56 Å². The van der Waals surface area contributed by atoms with Gasteiger partial charge in [-0.15, -0.1) is 0 Å². The Balaban J connectivity index is 1.93. The third kappa shape index (κ3) is 4.37. The highest BCUT2D eigenvalue weighted by Crippen LogP contribution is 2.39. The molecule has 2 heterocycles. The van der Waals surface area contributed by atoms with Gasteiger partial charge in [0.15, 0.2) is 5.06 Å². The number of fused-ring (bicyclic) bond motifs is 1. The van der Waals surface area contributed by atoms with E-state index in [1.807, 2.05) is 55.5 Å². The second-order valence-corrected chi connectivity index (χ2v) is 9.04. The molecule has 0 fully saturated rings. The van der Waals surface area contributed by atoms with Gasteiger partial charge in [-0.2, -0.15) is 0 Å².